The summed E-state index contributed by atoms with van der Waals surface area (Å²) in [5.41, 5.74) is -0.709. The Morgan fingerprint density at radius 2 is 1.70 bits per heavy atom. The zero-order chi connectivity index (χ0) is 24.7. The number of allylic oxidation sites excluding steroid dienone is 1. The summed E-state index contributed by atoms with van der Waals surface area (Å²) >= 11 is 0. The molecule has 0 spiro atoms. The van der Waals surface area contributed by atoms with Gasteiger partial charge in [0, 0.05) is 23.8 Å². The summed E-state index contributed by atoms with van der Waals surface area (Å²) < 4.78 is 0. The van der Waals surface area contributed by atoms with E-state index in [1.165, 1.54) is 0 Å². The fraction of sp³-hybridized carbons (Fsp3) is 0.852. The van der Waals surface area contributed by atoms with E-state index in [-0.39, 0.29) is 30.0 Å². The van der Waals surface area contributed by atoms with E-state index < -0.39 is 45.9 Å². The maximum Gasteiger partial charge on any atom is 0.303 e. The molecule has 4 aliphatic rings. The molecule has 0 bridgehead atoms. The van der Waals surface area contributed by atoms with Gasteiger partial charge in [0.05, 0.1) is 18.3 Å². The van der Waals surface area contributed by atoms with E-state index in [0.717, 1.165) is 5.57 Å². The van der Waals surface area contributed by atoms with Gasteiger partial charge < -0.3 is 20.4 Å². The van der Waals surface area contributed by atoms with Gasteiger partial charge in [0.25, 0.3) is 0 Å². The number of ketones is 1. The number of carbonyl (C=O) groups is 2. The molecule has 4 unspecified atom stereocenters. The van der Waals surface area contributed by atoms with Gasteiger partial charge in [0.15, 0.2) is 5.78 Å². The van der Waals surface area contributed by atoms with Crippen molar-refractivity contribution in [1.29, 1.82) is 0 Å². The van der Waals surface area contributed by atoms with Crippen LogP contribution in [0.1, 0.15) is 86.5 Å². The van der Waals surface area contributed by atoms with Gasteiger partial charge in [-0.2, -0.15) is 0 Å². The van der Waals surface area contributed by atoms with Gasteiger partial charge in [0.2, 0.25) is 0 Å². The maximum atomic E-state index is 14.0. The molecule has 0 amide bonds. The van der Waals surface area contributed by atoms with Crippen LogP contribution in [0.3, 0.4) is 0 Å². The Morgan fingerprint density at radius 3 is 2.30 bits per heavy atom. The van der Waals surface area contributed by atoms with Crippen molar-refractivity contribution in [3.05, 3.63) is 11.1 Å². The Hall–Kier alpha value is -1.24. The molecule has 6 nitrogen and oxygen atoms in total. The predicted octanol–water partition coefficient (Wildman–Crippen LogP) is 3.72. The third-order valence-corrected chi connectivity index (χ3v) is 11.1. The lowest BCUT2D eigenvalue weighted by Crippen LogP contribution is -2.61. The van der Waals surface area contributed by atoms with Gasteiger partial charge in [-0.15, -0.1) is 0 Å². The molecule has 0 heterocycles. The highest BCUT2D eigenvalue weighted by atomic mass is 16.4. The molecule has 0 aliphatic heterocycles. The Morgan fingerprint density at radius 1 is 1.06 bits per heavy atom. The van der Waals surface area contributed by atoms with Gasteiger partial charge in [-0.3, -0.25) is 9.59 Å². The first-order valence-electron chi connectivity index (χ1n) is 12.7. The van der Waals surface area contributed by atoms with Crippen LogP contribution in [0.15, 0.2) is 11.1 Å². The summed E-state index contributed by atoms with van der Waals surface area (Å²) in [7, 11) is 0. The van der Waals surface area contributed by atoms with Crippen molar-refractivity contribution in [2.24, 2.45) is 39.4 Å². The van der Waals surface area contributed by atoms with Crippen molar-refractivity contribution in [2.75, 3.05) is 0 Å². The van der Waals surface area contributed by atoms with E-state index in [0.29, 0.717) is 44.1 Å². The van der Waals surface area contributed by atoms with Crippen LogP contribution in [0.2, 0.25) is 0 Å². The molecule has 2 saturated carbocycles. The van der Waals surface area contributed by atoms with Crippen LogP contribution < -0.4 is 0 Å². The van der Waals surface area contributed by atoms with Crippen molar-refractivity contribution < 1.29 is 30.0 Å². The van der Waals surface area contributed by atoms with Crippen molar-refractivity contribution in [2.45, 2.75) is 105 Å². The minimum absolute atomic E-state index is 0.00259. The summed E-state index contributed by atoms with van der Waals surface area (Å²) in [5.74, 6) is -0.750. The van der Waals surface area contributed by atoms with E-state index in [9.17, 15) is 30.0 Å². The fourth-order valence-corrected chi connectivity index (χ4v) is 8.93. The Bertz CT molecular complexity index is 891. The SMILES string of the molecule is C[C@H](CCC(=O)O)[C@H]1CC(O)[C@@]2(C)C3=C(C(=O)C[C@]12C)[C@@]1(C)CCC(O)C(C)(C)C1CC3O. The molecule has 0 aromatic rings. The second kappa shape index (κ2) is 7.63. The molecule has 4 aliphatic carbocycles. The maximum absolute atomic E-state index is 14.0. The zero-order valence-corrected chi connectivity index (χ0v) is 21.0. The molecule has 9 atom stereocenters. The molecule has 4 rings (SSSR count). The zero-order valence-electron chi connectivity index (χ0n) is 21.0. The first kappa shape index (κ1) is 24.9. The van der Waals surface area contributed by atoms with Crippen molar-refractivity contribution >= 4 is 11.8 Å². The number of carboxylic acid groups (broad SMARTS) is 1. The number of aliphatic carboxylic acids is 1. The second-order valence-corrected chi connectivity index (χ2v) is 12.9. The molecule has 0 aromatic heterocycles. The first-order valence-corrected chi connectivity index (χ1v) is 12.7. The minimum atomic E-state index is -0.834. The summed E-state index contributed by atoms with van der Waals surface area (Å²) in [4.78, 5) is 25.1. The highest BCUT2D eigenvalue weighted by Crippen LogP contribution is 2.71. The summed E-state index contributed by atoms with van der Waals surface area (Å²) in [6.07, 6.45) is 1.18. The molecule has 0 saturated heterocycles. The second-order valence-electron chi connectivity index (χ2n) is 12.9. The molecule has 2 fully saturated rings. The lowest BCUT2D eigenvalue weighted by molar-refractivity contribution is -0.141. The summed E-state index contributed by atoms with van der Waals surface area (Å²) in [6, 6.07) is 0. The Balaban J connectivity index is 1.84. The third-order valence-electron chi connectivity index (χ3n) is 11.1. The Kier molecular flexibility index (Phi) is 5.75. The number of carboxylic acids is 1. The summed E-state index contributed by atoms with van der Waals surface area (Å²) in [6.45, 7) is 12.3. The van der Waals surface area contributed by atoms with Crippen LogP contribution in [0.5, 0.6) is 0 Å². The molecular formula is C27H42O6. The van der Waals surface area contributed by atoms with Gasteiger partial charge in [-0.1, -0.05) is 41.5 Å². The highest BCUT2D eigenvalue weighted by molar-refractivity contribution is 6.00. The van der Waals surface area contributed by atoms with E-state index in [1.807, 2.05) is 27.7 Å². The average Bonchev–Trinajstić information content (AvgIpc) is 2.92. The van der Waals surface area contributed by atoms with Gasteiger partial charge >= 0.3 is 5.97 Å². The molecule has 0 radical (unpaired) electrons. The molecule has 33 heavy (non-hydrogen) atoms. The fourth-order valence-electron chi connectivity index (χ4n) is 8.93. The molecular weight excluding hydrogens is 420 g/mol. The monoisotopic (exact) mass is 462 g/mol. The van der Waals surface area contributed by atoms with Gasteiger partial charge in [-0.05, 0) is 71.7 Å². The molecule has 4 N–H and O–H groups in total. The quantitative estimate of drug-likeness (QED) is 0.506. The molecule has 0 aromatic carbocycles. The van der Waals surface area contributed by atoms with Crippen LogP contribution in [-0.2, 0) is 9.59 Å². The van der Waals surface area contributed by atoms with Crippen LogP contribution in [0, 0.1) is 39.4 Å². The van der Waals surface area contributed by atoms with Crippen molar-refractivity contribution in [1.82, 2.24) is 0 Å². The predicted molar refractivity (Wildman–Crippen MR) is 124 cm³/mol. The number of rotatable bonds is 4. The largest absolute Gasteiger partial charge is 0.481 e. The average molecular weight is 463 g/mol. The van der Waals surface area contributed by atoms with Crippen LogP contribution in [-0.4, -0.2) is 50.5 Å². The number of hydrogen-bond acceptors (Lipinski definition) is 5. The number of aliphatic hydroxyl groups excluding tert-OH is 3. The molecule has 186 valence electrons. The minimum Gasteiger partial charge on any atom is -0.481 e. The topological polar surface area (TPSA) is 115 Å². The third kappa shape index (κ3) is 3.16. The molecule has 6 heteroatoms. The van der Waals surface area contributed by atoms with Crippen LogP contribution in [0.4, 0.5) is 0 Å². The van der Waals surface area contributed by atoms with E-state index in [2.05, 4.69) is 13.8 Å². The van der Waals surface area contributed by atoms with E-state index >= 15 is 0 Å². The number of aliphatic hydroxyl groups is 3. The van der Waals surface area contributed by atoms with Crippen LogP contribution in [0.25, 0.3) is 0 Å². The smallest absolute Gasteiger partial charge is 0.303 e. The van der Waals surface area contributed by atoms with E-state index in [4.69, 9.17) is 0 Å². The first-order chi connectivity index (χ1) is 15.1. The van der Waals surface area contributed by atoms with E-state index in [1.54, 1.807) is 0 Å². The van der Waals surface area contributed by atoms with Crippen LogP contribution >= 0.6 is 0 Å². The van der Waals surface area contributed by atoms with Gasteiger partial charge in [0.1, 0.15) is 0 Å². The number of carbonyl (C=O) groups excluding carboxylic acids is 1. The lowest BCUT2D eigenvalue weighted by Gasteiger charge is -2.62. The number of hydrogen-bond donors (Lipinski definition) is 4. The normalized spacial score (nSPS) is 47.5. The lowest BCUT2D eigenvalue weighted by atomic mass is 9.42. The van der Waals surface area contributed by atoms with Gasteiger partial charge in [-0.25, -0.2) is 0 Å². The Labute approximate surface area is 197 Å². The highest BCUT2D eigenvalue weighted by Gasteiger charge is 2.69. The number of Topliss-reactive ketones (excluding diaryl/α,β-unsaturated/α-hetero) is 1. The standard InChI is InChI=1S/C27H42O6/c1-14(7-8-21(32)33)15-11-20(31)27(6)23-16(28)12-18-24(2,3)19(30)9-10-25(18,4)22(23)17(29)13-26(15,27)5/h14-16,18-20,28,30-31H,7-13H2,1-6H3,(H,32,33)/t14-,15-,16?,18?,19?,20?,25+,26-,27+/m1/s1. The van der Waals surface area contributed by atoms with Crippen molar-refractivity contribution in [3.63, 3.8) is 0 Å². The number of fused-ring (bicyclic) bond motifs is 4. The van der Waals surface area contributed by atoms with Crippen molar-refractivity contribution in [3.8, 4) is 0 Å². The summed E-state index contributed by atoms with van der Waals surface area (Å²) in [5, 5.41) is 43.0.